The summed E-state index contributed by atoms with van der Waals surface area (Å²) in [4.78, 5) is 12.5. The number of aromatic nitrogens is 4. The van der Waals surface area contributed by atoms with Crippen LogP contribution in [0.1, 0.15) is 19.4 Å². The molecular formula is C12H13ClN4O2. The van der Waals surface area contributed by atoms with E-state index in [1.807, 2.05) is 4.57 Å². The topological polar surface area (TPSA) is 76.4 Å². The average molecular weight is 281 g/mol. The summed E-state index contributed by atoms with van der Waals surface area (Å²) in [5.74, 6) is 0.164. The molecule has 100 valence electrons. The molecule has 19 heavy (non-hydrogen) atoms. The highest BCUT2D eigenvalue weighted by Crippen LogP contribution is 2.58. The highest BCUT2D eigenvalue weighted by Gasteiger charge is 2.66. The molecule has 7 heteroatoms. The van der Waals surface area contributed by atoms with Crippen LogP contribution in [0.3, 0.4) is 0 Å². The number of aliphatic hydroxyl groups is 1. The molecule has 3 heterocycles. The minimum absolute atomic E-state index is 0.121. The van der Waals surface area contributed by atoms with Gasteiger partial charge in [-0.1, -0.05) is 11.6 Å². The van der Waals surface area contributed by atoms with Crippen LogP contribution in [-0.2, 0) is 4.74 Å². The summed E-state index contributed by atoms with van der Waals surface area (Å²) in [6, 6.07) is 0.151. The Morgan fingerprint density at radius 1 is 1.53 bits per heavy atom. The zero-order valence-electron chi connectivity index (χ0n) is 10.3. The summed E-state index contributed by atoms with van der Waals surface area (Å²) < 4.78 is 7.77. The number of hydrogen-bond donors (Lipinski definition) is 1. The van der Waals surface area contributed by atoms with E-state index in [-0.39, 0.29) is 30.3 Å². The average Bonchev–Trinajstić information content (AvgIpc) is 2.81. The zero-order valence-corrected chi connectivity index (χ0v) is 11.1. The van der Waals surface area contributed by atoms with Gasteiger partial charge in [-0.25, -0.2) is 15.0 Å². The van der Waals surface area contributed by atoms with E-state index in [4.69, 9.17) is 16.3 Å². The van der Waals surface area contributed by atoms with E-state index in [1.54, 1.807) is 6.33 Å². The van der Waals surface area contributed by atoms with Gasteiger partial charge in [0.15, 0.2) is 10.8 Å². The first-order valence-corrected chi connectivity index (χ1v) is 6.64. The van der Waals surface area contributed by atoms with E-state index < -0.39 is 0 Å². The maximum absolute atomic E-state index is 9.45. The molecule has 1 aliphatic heterocycles. The number of ether oxygens (including phenoxy) is 1. The lowest BCUT2D eigenvalue weighted by Crippen LogP contribution is -2.20. The maximum Gasteiger partial charge on any atom is 0.165 e. The molecule has 2 aliphatic rings. The molecule has 1 aliphatic carbocycles. The Labute approximate surface area is 114 Å². The second-order valence-electron chi connectivity index (χ2n) is 5.39. The molecule has 0 radical (unpaired) electrons. The zero-order chi connectivity index (χ0) is 13.2. The lowest BCUT2D eigenvalue weighted by molar-refractivity contribution is 0.115. The molecule has 4 rings (SSSR count). The van der Waals surface area contributed by atoms with E-state index >= 15 is 0 Å². The molecule has 0 bridgehead atoms. The maximum atomic E-state index is 9.45. The van der Waals surface area contributed by atoms with Crippen LogP contribution in [0.4, 0.5) is 0 Å². The Morgan fingerprint density at radius 2 is 2.37 bits per heavy atom. The van der Waals surface area contributed by atoms with Gasteiger partial charge in [0, 0.05) is 12.5 Å². The normalized spacial score (nSPS) is 36.7. The van der Waals surface area contributed by atoms with Gasteiger partial charge >= 0.3 is 0 Å². The molecule has 1 N–H and O–H groups in total. The third-order valence-electron chi connectivity index (χ3n) is 4.47. The van der Waals surface area contributed by atoms with Crippen molar-refractivity contribution in [2.24, 2.45) is 5.92 Å². The third kappa shape index (κ3) is 1.42. The predicted octanol–water partition coefficient (Wildman–Crippen LogP) is 1.19. The SMILES string of the molecule is C[C@]12O[C@H]1[C@H](n1cnc3c(Cl)ncnc31)C[C@@H]2CO. The molecule has 2 aromatic rings. The van der Waals surface area contributed by atoms with E-state index in [2.05, 4.69) is 21.9 Å². The van der Waals surface area contributed by atoms with Crippen molar-refractivity contribution in [1.29, 1.82) is 0 Å². The molecule has 0 aromatic carbocycles. The van der Waals surface area contributed by atoms with Gasteiger partial charge in [-0.15, -0.1) is 0 Å². The molecule has 1 saturated heterocycles. The molecule has 1 saturated carbocycles. The van der Waals surface area contributed by atoms with E-state index in [9.17, 15) is 5.11 Å². The van der Waals surface area contributed by atoms with Gasteiger partial charge in [-0.2, -0.15) is 0 Å². The highest BCUT2D eigenvalue weighted by atomic mass is 35.5. The van der Waals surface area contributed by atoms with Gasteiger partial charge in [0.25, 0.3) is 0 Å². The van der Waals surface area contributed by atoms with Crippen LogP contribution in [0.5, 0.6) is 0 Å². The number of epoxide rings is 1. The molecular weight excluding hydrogens is 268 g/mol. The number of imidazole rings is 1. The minimum atomic E-state index is -0.202. The summed E-state index contributed by atoms with van der Waals surface area (Å²) >= 11 is 6.01. The Bertz CT molecular complexity index is 660. The standard InChI is InChI=1S/C12H13ClN4O2/c1-12-6(3-18)2-7(9(12)19-12)17-5-16-8-10(13)14-4-15-11(8)17/h4-7,9,18H,2-3H2,1H3/t6-,7-,9+,12-/m1/s1. The van der Waals surface area contributed by atoms with Crippen molar-refractivity contribution in [2.75, 3.05) is 6.61 Å². The van der Waals surface area contributed by atoms with E-state index in [1.165, 1.54) is 6.33 Å². The molecule has 2 fully saturated rings. The summed E-state index contributed by atoms with van der Waals surface area (Å²) in [6.45, 7) is 2.20. The van der Waals surface area contributed by atoms with Gasteiger partial charge in [0.05, 0.1) is 18.0 Å². The van der Waals surface area contributed by atoms with Crippen LogP contribution in [0.15, 0.2) is 12.7 Å². The van der Waals surface area contributed by atoms with Gasteiger partial charge < -0.3 is 14.4 Å². The van der Waals surface area contributed by atoms with Crippen molar-refractivity contribution in [2.45, 2.75) is 31.1 Å². The van der Waals surface area contributed by atoms with Crippen molar-refractivity contribution >= 4 is 22.8 Å². The fourth-order valence-electron chi connectivity index (χ4n) is 3.26. The third-order valence-corrected chi connectivity index (χ3v) is 4.74. The monoisotopic (exact) mass is 280 g/mol. The van der Waals surface area contributed by atoms with Crippen LogP contribution in [-0.4, -0.2) is 42.9 Å². The van der Waals surface area contributed by atoms with Crippen molar-refractivity contribution in [3.05, 3.63) is 17.8 Å². The van der Waals surface area contributed by atoms with Gasteiger partial charge in [-0.05, 0) is 13.3 Å². The highest BCUT2D eigenvalue weighted by molar-refractivity contribution is 6.33. The van der Waals surface area contributed by atoms with Crippen LogP contribution in [0.2, 0.25) is 5.15 Å². The largest absolute Gasteiger partial charge is 0.396 e. The van der Waals surface area contributed by atoms with Crippen LogP contribution in [0, 0.1) is 5.92 Å². The van der Waals surface area contributed by atoms with Crippen molar-refractivity contribution in [3.8, 4) is 0 Å². The van der Waals surface area contributed by atoms with E-state index in [0.29, 0.717) is 10.7 Å². The van der Waals surface area contributed by atoms with Gasteiger partial charge in [-0.3, -0.25) is 0 Å². The summed E-state index contributed by atoms with van der Waals surface area (Å²) in [7, 11) is 0. The summed E-state index contributed by atoms with van der Waals surface area (Å²) in [6.07, 6.45) is 4.16. The smallest absolute Gasteiger partial charge is 0.165 e. The quantitative estimate of drug-likeness (QED) is 0.660. The number of rotatable bonds is 2. The molecule has 0 spiro atoms. The molecule has 4 atom stereocenters. The number of hydrogen-bond acceptors (Lipinski definition) is 5. The number of aliphatic hydroxyl groups excluding tert-OH is 1. The molecule has 2 aromatic heterocycles. The Kier molecular flexibility index (Phi) is 2.23. The van der Waals surface area contributed by atoms with Crippen molar-refractivity contribution in [1.82, 2.24) is 19.5 Å². The lowest BCUT2D eigenvalue weighted by atomic mass is 9.98. The van der Waals surface area contributed by atoms with Crippen LogP contribution in [0.25, 0.3) is 11.2 Å². The second-order valence-corrected chi connectivity index (χ2v) is 5.75. The van der Waals surface area contributed by atoms with Gasteiger partial charge in [0.1, 0.15) is 17.9 Å². The molecule has 0 unspecified atom stereocenters. The van der Waals surface area contributed by atoms with Crippen LogP contribution >= 0.6 is 11.6 Å². The van der Waals surface area contributed by atoms with Gasteiger partial charge in [0.2, 0.25) is 0 Å². The number of halogens is 1. The first-order chi connectivity index (χ1) is 9.15. The predicted molar refractivity (Wildman–Crippen MR) is 67.8 cm³/mol. The Morgan fingerprint density at radius 3 is 3.11 bits per heavy atom. The van der Waals surface area contributed by atoms with E-state index in [0.717, 1.165) is 12.1 Å². The Balaban J connectivity index is 1.79. The number of fused-ring (bicyclic) bond motifs is 2. The summed E-state index contributed by atoms with van der Waals surface area (Å²) in [5, 5.41) is 9.81. The lowest BCUT2D eigenvalue weighted by Gasteiger charge is -2.17. The first-order valence-electron chi connectivity index (χ1n) is 6.27. The van der Waals surface area contributed by atoms with Crippen molar-refractivity contribution < 1.29 is 9.84 Å². The fraction of sp³-hybridized carbons (Fsp3) is 0.583. The Hall–Kier alpha value is -1.24. The first kappa shape index (κ1) is 11.6. The fourth-order valence-corrected chi connectivity index (χ4v) is 3.44. The van der Waals surface area contributed by atoms with Crippen LogP contribution < -0.4 is 0 Å². The second kappa shape index (κ2) is 3.65. The molecule has 0 amide bonds. The minimum Gasteiger partial charge on any atom is -0.396 e. The molecule has 6 nitrogen and oxygen atoms in total. The summed E-state index contributed by atoms with van der Waals surface area (Å²) in [5.41, 5.74) is 1.13. The van der Waals surface area contributed by atoms with Crippen molar-refractivity contribution in [3.63, 3.8) is 0 Å². The number of nitrogens with zero attached hydrogens (tertiary/aromatic N) is 4.